The maximum Gasteiger partial charge on any atom is 0.326 e. The van der Waals surface area contributed by atoms with Crippen molar-refractivity contribution in [3.05, 3.63) is 33.8 Å². The number of hydrogen-bond acceptors (Lipinski definition) is 3. The van der Waals surface area contributed by atoms with Gasteiger partial charge in [-0.2, -0.15) is 0 Å². The number of aliphatic hydroxyl groups is 1. The molecular formula is C13H13Cl2NO4. The van der Waals surface area contributed by atoms with E-state index in [1.165, 1.54) is 23.1 Å². The van der Waals surface area contributed by atoms with E-state index < -0.39 is 24.0 Å². The van der Waals surface area contributed by atoms with Gasteiger partial charge in [0.25, 0.3) is 5.91 Å². The number of nitrogens with zero attached hydrogens (tertiary/aromatic N) is 1. The molecule has 0 aliphatic carbocycles. The Balaban J connectivity index is 2.22. The van der Waals surface area contributed by atoms with E-state index in [0.29, 0.717) is 29.4 Å². The molecule has 1 aliphatic rings. The number of amides is 1. The molecule has 0 bridgehead atoms. The van der Waals surface area contributed by atoms with Crippen LogP contribution < -0.4 is 0 Å². The molecule has 5 nitrogen and oxygen atoms in total. The Hall–Kier alpha value is -1.30. The fourth-order valence-electron chi connectivity index (χ4n) is 2.32. The third-order valence-electron chi connectivity index (χ3n) is 3.26. The Labute approximate surface area is 125 Å². The zero-order valence-electron chi connectivity index (χ0n) is 10.4. The van der Waals surface area contributed by atoms with Gasteiger partial charge in [0.15, 0.2) is 6.10 Å². The second kappa shape index (κ2) is 5.99. The van der Waals surface area contributed by atoms with Crippen molar-refractivity contribution in [3.8, 4) is 0 Å². The Morgan fingerprint density at radius 2 is 1.85 bits per heavy atom. The number of aliphatic hydroxyl groups excluding tert-OH is 1. The number of benzene rings is 1. The highest BCUT2D eigenvalue weighted by Crippen LogP contribution is 2.27. The number of carbonyl (C=O) groups is 2. The molecule has 1 aliphatic heterocycles. The molecule has 1 fully saturated rings. The monoisotopic (exact) mass is 317 g/mol. The van der Waals surface area contributed by atoms with Gasteiger partial charge in [-0.25, -0.2) is 4.79 Å². The summed E-state index contributed by atoms with van der Waals surface area (Å²) in [4.78, 5) is 24.5. The first-order valence-corrected chi connectivity index (χ1v) is 6.83. The summed E-state index contributed by atoms with van der Waals surface area (Å²) in [5, 5.41) is 19.8. The fraction of sp³-hybridized carbons (Fsp3) is 0.385. The van der Waals surface area contributed by atoms with Crippen molar-refractivity contribution < 1.29 is 19.8 Å². The molecule has 0 spiro atoms. The molecule has 2 atom stereocenters. The minimum absolute atomic E-state index is 0.253. The molecule has 7 heteroatoms. The number of likely N-dealkylation sites (tertiary alicyclic amines) is 1. The smallest absolute Gasteiger partial charge is 0.326 e. The molecule has 1 heterocycles. The lowest BCUT2D eigenvalue weighted by Gasteiger charge is -2.24. The Morgan fingerprint density at radius 1 is 1.25 bits per heavy atom. The first-order chi connectivity index (χ1) is 9.40. The standard InChI is InChI=1S/C13H13Cl2NO4/c14-8-4-7(5-9(15)6-8)11(17)12(18)16-3-1-2-10(16)13(19)20/h4-6,10-11,17H,1-3H2,(H,19,20)/t10-,11?/m0/s1. The zero-order valence-corrected chi connectivity index (χ0v) is 11.9. The molecule has 1 aromatic carbocycles. The number of carbonyl (C=O) groups excluding carboxylic acids is 1. The summed E-state index contributed by atoms with van der Waals surface area (Å²) < 4.78 is 0. The maximum atomic E-state index is 12.2. The van der Waals surface area contributed by atoms with E-state index in [1.54, 1.807) is 0 Å². The minimum atomic E-state index is -1.47. The van der Waals surface area contributed by atoms with Crippen molar-refractivity contribution in [2.24, 2.45) is 0 Å². The van der Waals surface area contributed by atoms with E-state index in [4.69, 9.17) is 28.3 Å². The lowest BCUT2D eigenvalue weighted by Crippen LogP contribution is -2.42. The molecule has 0 saturated carbocycles. The number of aliphatic carboxylic acids is 1. The van der Waals surface area contributed by atoms with E-state index >= 15 is 0 Å². The molecule has 2 rings (SSSR count). The Bertz CT molecular complexity index is 529. The zero-order chi connectivity index (χ0) is 14.9. The lowest BCUT2D eigenvalue weighted by atomic mass is 10.1. The van der Waals surface area contributed by atoms with Gasteiger partial charge in [0.2, 0.25) is 0 Å². The summed E-state index contributed by atoms with van der Waals surface area (Å²) in [6.45, 7) is 0.321. The molecular weight excluding hydrogens is 305 g/mol. The van der Waals surface area contributed by atoms with Gasteiger partial charge in [-0.15, -0.1) is 0 Å². The van der Waals surface area contributed by atoms with Gasteiger partial charge in [0.1, 0.15) is 6.04 Å². The van der Waals surface area contributed by atoms with E-state index in [9.17, 15) is 14.7 Å². The number of rotatable bonds is 3. The minimum Gasteiger partial charge on any atom is -0.480 e. The van der Waals surface area contributed by atoms with E-state index in [0.717, 1.165) is 0 Å². The van der Waals surface area contributed by atoms with Crippen LogP contribution in [-0.2, 0) is 9.59 Å². The first-order valence-electron chi connectivity index (χ1n) is 6.07. The number of hydrogen-bond donors (Lipinski definition) is 2. The van der Waals surface area contributed by atoms with Gasteiger partial charge in [0.05, 0.1) is 0 Å². The molecule has 0 radical (unpaired) electrons. The van der Waals surface area contributed by atoms with Crippen molar-refractivity contribution in [1.82, 2.24) is 4.90 Å². The highest BCUT2D eigenvalue weighted by molar-refractivity contribution is 6.34. The largest absolute Gasteiger partial charge is 0.480 e. The predicted molar refractivity (Wildman–Crippen MR) is 73.8 cm³/mol. The number of halogens is 2. The van der Waals surface area contributed by atoms with Crippen molar-refractivity contribution in [2.45, 2.75) is 25.0 Å². The fourth-order valence-corrected chi connectivity index (χ4v) is 2.86. The normalized spacial score (nSPS) is 19.9. The summed E-state index contributed by atoms with van der Waals surface area (Å²) >= 11 is 11.6. The quantitative estimate of drug-likeness (QED) is 0.895. The lowest BCUT2D eigenvalue weighted by molar-refractivity contribution is -0.152. The SMILES string of the molecule is O=C(O)[C@@H]1CCCN1C(=O)C(O)c1cc(Cl)cc(Cl)c1. The van der Waals surface area contributed by atoms with Crippen LogP contribution in [0.25, 0.3) is 0 Å². The molecule has 1 saturated heterocycles. The average molecular weight is 318 g/mol. The molecule has 1 amide bonds. The summed E-state index contributed by atoms with van der Waals surface area (Å²) in [5.74, 6) is -1.71. The van der Waals surface area contributed by atoms with Crippen LogP contribution in [0.2, 0.25) is 10.0 Å². The topological polar surface area (TPSA) is 77.8 Å². The van der Waals surface area contributed by atoms with Crippen molar-refractivity contribution in [1.29, 1.82) is 0 Å². The van der Waals surface area contributed by atoms with Crippen LogP contribution in [-0.4, -0.2) is 39.6 Å². The molecule has 20 heavy (non-hydrogen) atoms. The van der Waals surface area contributed by atoms with Gasteiger partial charge in [-0.3, -0.25) is 4.79 Å². The van der Waals surface area contributed by atoms with Crippen LogP contribution in [0, 0.1) is 0 Å². The summed E-state index contributed by atoms with van der Waals surface area (Å²) in [6.07, 6.45) is -0.471. The molecule has 1 aromatic rings. The van der Waals surface area contributed by atoms with Crippen molar-refractivity contribution >= 4 is 35.1 Å². The third kappa shape index (κ3) is 3.06. The van der Waals surface area contributed by atoms with E-state index in [1.807, 2.05) is 0 Å². The molecule has 0 aromatic heterocycles. The van der Waals surface area contributed by atoms with Crippen LogP contribution in [0.5, 0.6) is 0 Å². The average Bonchev–Trinajstić information content (AvgIpc) is 2.85. The Morgan fingerprint density at radius 3 is 2.40 bits per heavy atom. The van der Waals surface area contributed by atoms with Gasteiger partial charge < -0.3 is 15.1 Å². The van der Waals surface area contributed by atoms with Crippen LogP contribution in [0.1, 0.15) is 24.5 Å². The van der Waals surface area contributed by atoms with E-state index in [2.05, 4.69) is 0 Å². The van der Waals surface area contributed by atoms with Gasteiger partial charge in [-0.1, -0.05) is 23.2 Å². The highest BCUT2D eigenvalue weighted by Gasteiger charge is 2.37. The van der Waals surface area contributed by atoms with Crippen LogP contribution in [0.15, 0.2) is 18.2 Å². The first kappa shape index (κ1) is 15.1. The summed E-state index contributed by atoms with van der Waals surface area (Å²) in [6, 6.07) is 3.47. The summed E-state index contributed by atoms with van der Waals surface area (Å²) in [5.41, 5.74) is 0.253. The predicted octanol–water partition coefficient (Wildman–Crippen LogP) is 2.10. The second-order valence-corrected chi connectivity index (χ2v) is 5.51. The van der Waals surface area contributed by atoms with Crippen LogP contribution in [0.3, 0.4) is 0 Å². The third-order valence-corrected chi connectivity index (χ3v) is 3.69. The highest BCUT2D eigenvalue weighted by atomic mass is 35.5. The van der Waals surface area contributed by atoms with Gasteiger partial charge in [0, 0.05) is 16.6 Å². The van der Waals surface area contributed by atoms with Gasteiger partial charge >= 0.3 is 5.97 Å². The molecule has 108 valence electrons. The summed E-state index contributed by atoms with van der Waals surface area (Å²) in [7, 11) is 0. The van der Waals surface area contributed by atoms with Crippen LogP contribution >= 0.6 is 23.2 Å². The van der Waals surface area contributed by atoms with Crippen molar-refractivity contribution in [3.63, 3.8) is 0 Å². The number of carboxylic acids is 1. The Kier molecular flexibility index (Phi) is 4.52. The molecule has 2 N–H and O–H groups in total. The molecule has 1 unspecified atom stereocenters. The van der Waals surface area contributed by atoms with Gasteiger partial charge in [-0.05, 0) is 36.6 Å². The number of carboxylic acid groups (broad SMARTS) is 1. The maximum absolute atomic E-state index is 12.2. The van der Waals surface area contributed by atoms with E-state index in [-0.39, 0.29) is 5.56 Å². The van der Waals surface area contributed by atoms with Crippen molar-refractivity contribution in [2.75, 3.05) is 6.54 Å². The van der Waals surface area contributed by atoms with Crippen LogP contribution in [0.4, 0.5) is 0 Å². The second-order valence-electron chi connectivity index (χ2n) is 4.63.